The molecule has 0 aromatic carbocycles. The van der Waals surface area contributed by atoms with Crippen LogP contribution in [0.3, 0.4) is 0 Å². The van der Waals surface area contributed by atoms with Gasteiger partial charge in [-0.2, -0.15) is 10.1 Å². The number of aryl methyl sites for hydroxylation is 1. The molecular weight excluding hydrogens is 168 g/mol. The molecule has 0 spiro atoms. The molecular formula is C8H8N4O. The first-order valence-electron chi connectivity index (χ1n) is 3.99. The van der Waals surface area contributed by atoms with Crippen molar-refractivity contribution in [2.75, 3.05) is 11.4 Å². The Hall–Kier alpha value is -1.83. The van der Waals surface area contributed by atoms with Gasteiger partial charge in [0.1, 0.15) is 6.33 Å². The van der Waals surface area contributed by atoms with E-state index in [4.69, 9.17) is 6.42 Å². The number of anilines is 1. The van der Waals surface area contributed by atoms with Gasteiger partial charge in [0, 0.05) is 13.1 Å². The topological polar surface area (TPSA) is 51.0 Å². The molecule has 1 aliphatic rings. The van der Waals surface area contributed by atoms with E-state index in [1.165, 1.54) is 11.2 Å². The summed E-state index contributed by atoms with van der Waals surface area (Å²) in [6, 6.07) is 0. The number of carbonyl (C=O) groups excluding carboxylic acids is 1. The van der Waals surface area contributed by atoms with Crippen molar-refractivity contribution < 1.29 is 4.79 Å². The number of amides is 1. The third-order valence-corrected chi connectivity index (χ3v) is 1.96. The Labute approximate surface area is 75.4 Å². The van der Waals surface area contributed by atoms with Crippen LogP contribution in [0, 0.1) is 12.3 Å². The van der Waals surface area contributed by atoms with Crippen LogP contribution in [0.5, 0.6) is 0 Å². The van der Waals surface area contributed by atoms with Crippen LogP contribution < -0.4 is 4.90 Å². The maximum Gasteiger partial charge on any atom is 0.304 e. The van der Waals surface area contributed by atoms with Gasteiger partial charge in [-0.3, -0.25) is 9.69 Å². The van der Waals surface area contributed by atoms with Crippen LogP contribution in [-0.4, -0.2) is 27.2 Å². The van der Waals surface area contributed by atoms with Crippen LogP contribution in [0.2, 0.25) is 0 Å². The van der Waals surface area contributed by atoms with Crippen molar-refractivity contribution in [2.24, 2.45) is 0 Å². The monoisotopic (exact) mass is 176 g/mol. The van der Waals surface area contributed by atoms with Gasteiger partial charge in [0.2, 0.25) is 5.95 Å². The van der Waals surface area contributed by atoms with Crippen LogP contribution in [0.4, 0.5) is 5.95 Å². The second-order valence-electron chi connectivity index (χ2n) is 2.74. The number of aromatic nitrogens is 3. The van der Waals surface area contributed by atoms with E-state index in [9.17, 15) is 4.79 Å². The first-order chi connectivity index (χ1) is 6.33. The molecule has 13 heavy (non-hydrogen) atoms. The zero-order valence-corrected chi connectivity index (χ0v) is 6.97. The highest BCUT2D eigenvalue weighted by atomic mass is 16.2. The standard InChI is InChI=1S/C8H8N4O/c1-2-7(13)11-4-3-5-12-8(11)9-6-10-12/h1,6H,3-5H2. The molecule has 5 nitrogen and oxygen atoms in total. The smallest absolute Gasteiger partial charge is 0.270 e. The average Bonchev–Trinajstić information content (AvgIpc) is 2.63. The molecule has 0 saturated heterocycles. The average molecular weight is 176 g/mol. The van der Waals surface area contributed by atoms with Crippen molar-refractivity contribution in [2.45, 2.75) is 13.0 Å². The van der Waals surface area contributed by atoms with Gasteiger partial charge in [0.25, 0.3) is 0 Å². The number of hydrogen-bond acceptors (Lipinski definition) is 3. The predicted molar refractivity (Wildman–Crippen MR) is 45.8 cm³/mol. The zero-order valence-electron chi connectivity index (χ0n) is 6.97. The van der Waals surface area contributed by atoms with E-state index in [-0.39, 0.29) is 5.91 Å². The third-order valence-electron chi connectivity index (χ3n) is 1.96. The number of rotatable bonds is 0. The molecule has 1 aromatic heterocycles. The number of hydrogen-bond donors (Lipinski definition) is 0. The van der Waals surface area contributed by atoms with E-state index in [1.54, 1.807) is 4.68 Å². The first kappa shape index (κ1) is 7.80. The molecule has 0 aliphatic carbocycles. The van der Waals surface area contributed by atoms with Gasteiger partial charge >= 0.3 is 5.91 Å². The quantitative estimate of drug-likeness (QED) is 0.507. The Kier molecular flexibility index (Phi) is 1.74. The van der Waals surface area contributed by atoms with Gasteiger partial charge in [-0.25, -0.2) is 4.68 Å². The lowest BCUT2D eigenvalue weighted by Gasteiger charge is -2.23. The van der Waals surface area contributed by atoms with Gasteiger partial charge in [-0.15, -0.1) is 6.42 Å². The highest BCUT2D eigenvalue weighted by molar-refractivity contribution is 6.04. The largest absolute Gasteiger partial charge is 0.304 e. The van der Waals surface area contributed by atoms with Crippen molar-refractivity contribution in [1.29, 1.82) is 0 Å². The molecule has 0 unspecified atom stereocenters. The van der Waals surface area contributed by atoms with Crippen molar-refractivity contribution in [3.05, 3.63) is 6.33 Å². The highest BCUT2D eigenvalue weighted by Gasteiger charge is 2.22. The lowest BCUT2D eigenvalue weighted by atomic mass is 10.3. The summed E-state index contributed by atoms with van der Waals surface area (Å²) in [6.45, 7) is 1.42. The minimum atomic E-state index is -0.353. The fraction of sp³-hybridized carbons (Fsp3) is 0.375. The predicted octanol–water partition coefficient (Wildman–Crippen LogP) is -0.352. The van der Waals surface area contributed by atoms with Crippen molar-refractivity contribution in [3.8, 4) is 12.3 Å². The summed E-state index contributed by atoms with van der Waals surface area (Å²) in [7, 11) is 0. The first-order valence-corrected chi connectivity index (χ1v) is 3.99. The molecule has 1 aliphatic heterocycles. The minimum Gasteiger partial charge on any atom is -0.270 e. The van der Waals surface area contributed by atoms with Crippen LogP contribution in [0.25, 0.3) is 0 Å². The SMILES string of the molecule is C#CC(=O)N1CCCn2ncnc21. The molecule has 5 heteroatoms. The van der Waals surface area contributed by atoms with Gasteiger partial charge in [-0.1, -0.05) is 0 Å². The summed E-state index contributed by atoms with van der Waals surface area (Å²) in [5, 5.41) is 3.97. The van der Waals surface area contributed by atoms with Crippen molar-refractivity contribution >= 4 is 11.9 Å². The second kappa shape index (κ2) is 2.90. The van der Waals surface area contributed by atoms with E-state index < -0.39 is 0 Å². The number of nitrogens with zero attached hydrogens (tertiary/aromatic N) is 4. The Bertz CT molecular complexity index is 376. The highest BCUT2D eigenvalue weighted by Crippen LogP contribution is 2.15. The van der Waals surface area contributed by atoms with E-state index in [1.807, 2.05) is 0 Å². The minimum absolute atomic E-state index is 0.353. The molecule has 0 bridgehead atoms. The van der Waals surface area contributed by atoms with Crippen LogP contribution in [0.1, 0.15) is 6.42 Å². The Morgan fingerprint density at radius 2 is 2.46 bits per heavy atom. The van der Waals surface area contributed by atoms with Gasteiger partial charge < -0.3 is 0 Å². The summed E-state index contributed by atoms with van der Waals surface area (Å²) in [4.78, 5) is 16.7. The fourth-order valence-electron chi connectivity index (χ4n) is 1.37. The van der Waals surface area contributed by atoms with E-state index in [2.05, 4.69) is 16.0 Å². The van der Waals surface area contributed by atoms with E-state index in [0.717, 1.165) is 13.0 Å². The maximum absolute atomic E-state index is 11.2. The number of carbonyl (C=O) groups is 1. The van der Waals surface area contributed by atoms with Crippen LogP contribution in [0.15, 0.2) is 6.33 Å². The van der Waals surface area contributed by atoms with Gasteiger partial charge in [-0.05, 0) is 12.3 Å². The molecule has 0 saturated carbocycles. The molecule has 0 N–H and O–H groups in total. The lowest BCUT2D eigenvalue weighted by Crippen LogP contribution is -2.37. The second-order valence-corrected chi connectivity index (χ2v) is 2.74. The van der Waals surface area contributed by atoms with E-state index in [0.29, 0.717) is 12.5 Å². The molecule has 1 aromatic rings. The van der Waals surface area contributed by atoms with Crippen LogP contribution >= 0.6 is 0 Å². The number of fused-ring (bicyclic) bond motifs is 1. The van der Waals surface area contributed by atoms with Crippen molar-refractivity contribution in [1.82, 2.24) is 14.8 Å². The van der Waals surface area contributed by atoms with Gasteiger partial charge in [0.05, 0.1) is 0 Å². The molecule has 0 fully saturated rings. The summed E-state index contributed by atoms with van der Waals surface area (Å²) >= 11 is 0. The summed E-state index contributed by atoms with van der Waals surface area (Å²) in [5.41, 5.74) is 0. The van der Waals surface area contributed by atoms with Crippen LogP contribution in [-0.2, 0) is 11.3 Å². The van der Waals surface area contributed by atoms with E-state index >= 15 is 0 Å². The molecule has 66 valence electrons. The lowest BCUT2D eigenvalue weighted by molar-refractivity contribution is -0.113. The summed E-state index contributed by atoms with van der Waals surface area (Å²) in [6.07, 6.45) is 7.32. The fourth-order valence-corrected chi connectivity index (χ4v) is 1.37. The Morgan fingerprint density at radius 1 is 1.62 bits per heavy atom. The molecule has 2 heterocycles. The molecule has 0 radical (unpaired) electrons. The third kappa shape index (κ3) is 1.16. The molecule has 2 rings (SSSR count). The normalized spacial score (nSPS) is 14.8. The Morgan fingerprint density at radius 3 is 3.23 bits per heavy atom. The van der Waals surface area contributed by atoms with Crippen molar-refractivity contribution in [3.63, 3.8) is 0 Å². The molecule has 1 amide bonds. The summed E-state index contributed by atoms with van der Waals surface area (Å²) < 4.78 is 1.68. The van der Waals surface area contributed by atoms with Gasteiger partial charge in [0.15, 0.2) is 0 Å². The summed E-state index contributed by atoms with van der Waals surface area (Å²) in [5.74, 6) is 2.27. The number of terminal acetylenes is 1. The zero-order chi connectivity index (χ0) is 9.26. The molecule has 0 atom stereocenters. The Balaban J connectivity index is 2.36. The maximum atomic E-state index is 11.2.